The number of thiazole rings is 1. The third-order valence-electron chi connectivity index (χ3n) is 2.39. The molecule has 1 heterocycles. The average Bonchev–Trinajstić information content (AvgIpc) is 2.73. The number of carbonyl (C=O) groups is 1. The summed E-state index contributed by atoms with van der Waals surface area (Å²) in [6.45, 7) is 4.05. The van der Waals surface area contributed by atoms with E-state index in [1.807, 2.05) is 36.6 Å². The van der Waals surface area contributed by atoms with E-state index < -0.39 is 0 Å². The van der Waals surface area contributed by atoms with Gasteiger partial charge in [-0.05, 0) is 12.5 Å². The molecule has 0 aliphatic heterocycles. The van der Waals surface area contributed by atoms with Gasteiger partial charge in [-0.1, -0.05) is 24.3 Å². The van der Waals surface area contributed by atoms with Gasteiger partial charge in [-0.15, -0.1) is 11.3 Å². The first kappa shape index (κ1) is 11.8. The molecule has 0 aliphatic carbocycles. The van der Waals surface area contributed by atoms with Gasteiger partial charge in [-0.25, -0.2) is 4.98 Å². The Morgan fingerprint density at radius 2 is 2.18 bits per heavy atom. The molecule has 88 valence electrons. The van der Waals surface area contributed by atoms with Crippen LogP contribution in [0.2, 0.25) is 0 Å². The zero-order valence-electron chi connectivity index (χ0n) is 9.86. The zero-order chi connectivity index (χ0) is 12.3. The van der Waals surface area contributed by atoms with Gasteiger partial charge in [0.15, 0.2) is 0 Å². The molecule has 2 aromatic rings. The molecule has 1 N–H and O–H groups in total. The molecule has 0 spiro atoms. The van der Waals surface area contributed by atoms with Crippen LogP contribution in [-0.4, -0.2) is 10.9 Å². The van der Waals surface area contributed by atoms with Gasteiger partial charge in [0.2, 0.25) is 5.91 Å². The Bertz CT molecular complexity index is 534. The first-order valence-electron chi connectivity index (χ1n) is 5.41. The van der Waals surface area contributed by atoms with E-state index in [1.54, 1.807) is 11.3 Å². The highest BCUT2D eigenvalue weighted by Crippen LogP contribution is 2.26. The highest BCUT2D eigenvalue weighted by Gasteiger charge is 2.07. The number of amides is 1. The Kier molecular flexibility index (Phi) is 3.54. The summed E-state index contributed by atoms with van der Waals surface area (Å²) < 4.78 is 0. The molecule has 2 rings (SSSR count). The van der Waals surface area contributed by atoms with Gasteiger partial charge in [0.1, 0.15) is 5.01 Å². The van der Waals surface area contributed by atoms with Crippen LogP contribution in [0, 0.1) is 6.92 Å². The SMILES string of the molecule is CC(=O)NCc1ccccc1-c1nc(C)cs1. The Morgan fingerprint density at radius 3 is 2.82 bits per heavy atom. The first-order chi connectivity index (χ1) is 8.16. The van der Waals surface area contributed by atoms with Crippen LogP contribution in [0.15, 0.2) is 29.6 Å². The normalized spacial score (nSPS) is 10.2. The van der Waals surface area contributed by atoms with Crippen molar-refractivity contribution in [1.29, 1.82) is 0 Å². The largest absolute Gasteiger partial charge is 0.352 e. The minimum Gasteiger partial charge on any atom is -0.352 e. The summed E-state index contributed by atoms with van der Waals surface area (Å²) in [6, 6.07) is 8.02. The topological polar surface area (TPSA) is 42.0 Å². The first-order valence-corrected chi connectivity index (χ1v) is 6.29. The molecule has 1 aromatic carbocycles. The predicted octanol–water partition coefficient (Wildman–Crippen LogP) is 2.75. The molecule has 0 saturated heterocycles. The van der Waals surface area contributed by atoms with E-state index in [1.165, 1.54) is 6.92 Å². The number of nitrogens with zero attached hydrogens (tertiary/aromatic N) is 1. The quantitative estimate of drug-likeness (QED) is 0.904. The van der Waals surface area contributed by atoms with Gasteiger partial charge >= 0.3 is 0 Å². The van der Waals surface area contributed by atoms with Crippen molar-refractivity contribution in [3.8, 4) is 10.6 Å². The van der Waals surface area contributed by atoms with E-state index in [4.69, 9.17) is 0 Å². The molecule has 3 nitrogen and oxygen atoms in total. The number of benzene rings is 1. The second-order valence-corrected chi connectivity index (χ2v) is 4.72. The summed E-state index contributed by atoms with van der Waals surface area (Å²) in [6.07, 6.45) is 0. The van der Waals surface area contributed by atoms with Crippen LogP contribution in [0.3, 0.4) is 0 Å². The third kappa shape index (κ3) is 2.91. The lowest BCUT2D eigenvalue weighted by molar-refractivity contribution is -0.119. The van der Waals surface area contributed by atoms with Crippen LogP contribution in [0.5, 0.6) is 0 Å². The lowest BCUT2D eigenvalue weighted by Gasteiger charge is -2.07. The molecule has 0 atom stereocenters. The molecule has 0 fully saturated rings. The summed E-state index contributed by atoms with van der Waals surface area (Å²) in [4.78, 5) is 15.4. The number of carbonyl (C=O) groups excluding carboxylic acids is 1. The van der Waals surface area contributed by atoms with Crippen LogP contribution in [0.25, 0.3) is 10.6 Å². The number of aryl methyl sites for hydroxylation is 1. The van der Waals surface area contributed by atoms with Crippen molar-refractivity contribution in [1.82, 2.24) is 10.3 Å². The lowest BCUT2D eigenvalue weighted by atomic mass is 10.1. The molecular formula is C13H14N2OS. The molecule has 4 heteroatoms. The van der Waals surface area contributed by atoms with Crippen molar-refractivity contribution in [2.75, 3.05) is 0 Å². The number of nitrogens with one attached hydrogen (secondary N) is 1. The van der Waals surface area contributed by atoms with Gasteiger partial charge in [0.05, 0.1) is 0 Å². The fraction of sp³-hybridized carbons (Fsp3) is 0.231. The predicted molar refractivity (Wildman–Crippen MR) is 69.8 cm³/mol. The van der Waals surface area contributed by atoms with Crippen molar-refractivity contribution in [3.63, 3.8) is 0 Å². The maximum absolute atomic E-state index is 10.9. The Balaban J connectivity index is 2.30. The molecule has 0 saturated carbocycles. The van der Waals surface area contributed by atoms with Gasteiger partial charge in [-0.3, -0.25) is 4.79 Å². The van der Waals surface area contributed by atoms with E-state index >= 15 is 0 Å². The fourth-order valence-electron chi connectivity index (χ4n) is 1.58. The van der Waals surface area contributed by atoms with Crippen LogP contribution in [0.1, 0.15) is 18.2 Å². The molecule has 0 bridgehead atoms. The molecule has 17 heavy (non-hydrogen) atoms. The maximum Gasteiger partial charge on any atom is 0.217 e. The number of aromatic nitrogens is 1. The standard InChI is InChI=1S/C13H14N2OS/c1-9-8-17-13(15-9)12-6-4-3-5-11(12)7-14-10(2)16/h3-6,8H,7H2,1-2H3,(H,14,16). The van der Waals surface area contributed by atoms with Crippen molar-refractivity contribution >= 4 is 17.2 Å². The second kappa shape index (κ2) is 5.10. The smallest absolute Gasteiger partial charge is 0.217 e. The van der Waals surface area contributed by atoms with Crippen molar-refractivity contribution < 1.29 is 4.79 Å². The van der Waals surface area contributed by atoms with Crippen LogP contribution >= 0.6 is 11.3 Å². The van der Waals surface area contributed by atoms with Gasteiger partial charge < -0.3 is 5.32 Å². The minimum absolute atomic E-state index is 0.0184. The molecule has 0 radical (unpaired) electrons. The second-order valence-electron chi connectivity index (χ2n) is 3.86. The van der Waals surface area contributed by atoms with Crippen molar-refractivity contribution in [2.24, 2.45) is 0 Å². The van der Waals surface area contributed by atoms with Crippen LogP contribution < -0.4 is 5.32 Å². The Hall–Kier alpha value is -1.68. The summed E-state index contributed by atoms with van der Waals surface area (Å²) in [5.41, 5.74) is 3.22. The lowest BCUT2D eigenvalue weighted by Crippen LogP contribution is -2.19. The molecule has 1 aromatic heterocycles. The van der Waals surface area contributed by atoms with Crippen molar-refractivity contribution in [2.45, 2.75) is 20.4 Å². The van der Waals surface area contributed by atoms with E-state index in [0.29, 0.717) is 6.54 Å². The van der Waals surface area contributed by atoms with E-state index in [-0.39, 0.29) is 5.91 Å². The molecule has 0 aliphatic rings. The minimum atomic E-state index is -0.0184. The highest BCUT2D eigenvalue weighted by molar-refractivity contribution is 7.13. The maximum atomic E-state index is 10.9. The Morgan fingerprint density at radius 1 is 1.41 bits per heavy atom. The summed E-state index contributed by atoms with van der Waals surface area (Å²) in [5, 5.41) is 5.85. The monoisotopic (exact) mass is 246 g/mol. The summed E-state index contributed by atoms with van der Waals surface area (Å²) >= 11 is 1.63. The number of hydrogen-bond donors (Lipinski definition) is 1. The van der Waals surface area contributed by atoms with Crippen LogP contribution in [-0.2, 0) is 11.3 Å². The molecule has 1 amide bonds. The van der Waals surface area contributed by atoms with Crippen LogP contribution in [0.4, 0.5) is 0 Å². The summed E-state index contributed by atoms with van der Waals surface area (Å²) in [7, 11) is 0. The summed E-state index contributed by atoms with van der Waals surface area (Å²) in [5.74, 6) is -0.0184. The number of hydrogen-bond acceptors (Lipinski definition) is 3. The van der Waals surface area contributed by atoms with E-state index in [0.717, 1.165) is 21.8 Å². The Labute approximate surface area is 105 Å². The van der Waals surface area contributed by atoms with Gasteiger partial charge in [-0.2, -0.15) is 0 Å². The van der Waals surface area contributed by atoms with Crippen molar-refractivity contribution in [3.05, 3.63) is 40.9 Å². The van der Waals surface area contributed by atoms with Gasteiger partial charge in [0, 0.05) is 30.1 Å². The molecule has 0 unspecified atom stereocenters. The van der Waals surface area contributed by atoms with E-state index in [2.05, 4.69) is 10.3 Å². The molecular weight excluding hydrogens is 232 g/mol. The van der Waals surface area contributed by atoms with E-state index in [9.17, 15) is 4.79 Å². The fourth-order valence-corrected chi connectivity index (χ4v) is 2.44. The zero-order valence-corrected chi connectivity index (χ0v) is 10.7. The highest BCUT2D eigenvalue weighted by atomic mass is 32.1. The number of rotatable bonds is 3. The van der Waals surface area contributed by atoms with Gasteiger partial charge in [0.25, 0.3) is 0 Å². The third-order valence-corrected chi connectivity index (χ3v) is 3.39. The average molecular weight is 246 g/mol.